The van der Waals surface area contributed by atoms with Gasteiger partial charge in [0.05, 0.1) is 66.3 Å². The highest BCUT2D eigenvalue weighted by Crippen LogP contribution is 2.17. The largest absolute Gasteiger partial charge is 0.491 e. The molecular weight excluding hydrogens is 632 g/mol. The Morgan fingerprint density at radius 2 is 1.17 bits per heavy atom. The molecule has 272 valence electrons. The van der Waals surface area contributed by atoms with Crippen LogP contribution in [0.3, 0.4) is 0 Å². The van der Waals surface area contributed by atoms with Crippen LogP contribution in [0.5, 0.6) is 5.75 Å². The minimum Gasteiger partial charge on any atom is -0.491 e. The third-order valence-corrected chi connectivity index (χ3v) is 7.63. The van der Waals surface area contributed by atoms with Gasteiger partial charge in [0, 0.05) is 58.5 Å². The Hall–Kier alpha value is -3.38. The molecule has 1 atom stereocenters. The topological polar surface area (TPSA) is 188 Å². The molecule has 2 rings (SSSR count). The second kappa shape index (κ2) is 23.9. The maximum Gasteiger partial charge on any atom is 0.319 e. The van der Waals surface area contributed by atoms with Crippen molar-refractivity contribution in [3.05, 3.63) is 29.8 Å². The summed E-state index contributed by atoms with van der Waals surface area (Å²) in [6.45, 7) is 6.42. The van der Waals surface area contributed by atoms with E-state index in [-0.39, 0.29) is 52.4 Å². The van der Waals surface area contributed by atoms with E-state index in [2.05, 4.69) is 0 Å². The van der Waals surface area contributed by atoms with Crippen molar-refractivity contribution in [1.29, 1.82) is 0 Å². The van der Waals surface area contributed by atoms with E-state index in [1.165, 1.54) is 7.11 Å². The molecule has 0 bridgehead atoms. The molecule has 1 aromatic rings. The molecule has 48 heavy (non-hydrogen) atoms. The second-order valence-electron chi connectivity index (χ2n) is 11.3. The molecule has 16 nitrogen and oxygen atoms in total. The lowest BCUT2D eigenvalue weighted by molar-refractivity contribution is -0.143. The fourth-order valence-corrected chi connectivity index (χ4v) is 5.21. The quantitative estimate of drug-likeness (QED) is 0.113. The highest BCUT2D eigenvalue weighted by molar-refractivity contribution is 5.71. The molecule has 16 heteroatoms. The zero-order valence-corrected chi connectivity index (χ0v) is 28.1. The molecule has 0 amide bonds. The number of ether oxygens (including phenoxy) is 5. The normalized spacial score (nSPS) is 17.7. The van der Waals surface area contributed by atoms with Crippen molar-refractivity contribution >= 4 is 23.9 Å². The Morgan fingerprint density at radius 1 is 0.667 bits per heavy atom. The van der Waals surface area contributed by atoms with E-state index in [0.29, 0.717) is 78.1 Å². The Morgan fingerprint density at radius 3 is 1.73 bits per heavy atom. The first-order chi connectivity index (χ1) is 23.1. The van der Waals surface area contributed by atoms with Crippen molar-refractivity contribution in [1.82, 2.24) is 19.6 Å². The standard InChI is InChI=1S/C32H52N4O12/c1-3-45-14-15-46-16-17-47-18-19-48-28-6-4-26(5-7-28)20-27-21-35(23-30(39)40)11-10-34(25-32(43)44-2)9-8-33(22-29(37)38)12-13-36(27)24-31(41)42/h4-7,27H,3,8-25H2,1-2H3,(H,37,38)(H,39,40)(H,41,42)/t27-/m0/s1. The third kappa shape index (κ3) is 18.2. The minimum absolute atomic E-state index is 0.0309. The molecule has 0 saturated carbocycles. The molecule has 0 aliphatic carbocycles. The number of aliphatic carboxylic acids is 3. The van der Waals surface area contributed by atoms with Crippen molar-refractivity contribution in [2.75, 3.05) is 125 Å². The molecule has 1 saturated heterocycles. The average molecular weight is 685 g/mol. The van der Waals surface area contributed by atoms with E-state index in [0.717, 1.165) is 5.56 Å². The lowest BCUT2D eigenvalue weighted by atomic mass is 10.0. The molecule has 1 aliphatic heterocycles. The van der Waals surface area contributed by atoms with Gasteiger partial charge in [0.25, 0.3) is 0 Å². The second-order valence-corrected chi connectivity index (χ2v) is 11.3. The Bertz CT molecular complexity index is 1090. The van der Waals surface area contributed by atoms with Gasteiger partial charge >= 0.3 is 23.9 Å². The Kier molecular flexibility index (Phi) is 20.3. The van der Waals surface area contributed by atoms with Crippen molar-refractivity contribution in [2.24, 2.45) is 0 Å². The number of carboxylic acid groups (broad SMARTS) is 3. The summed E-state index contributed by atoms with van der Waals surface area (Å²) < 4.78 is 26.8. The van der Waals surface area contributed by atoms with Crippen LogP contribution in [-0.4, -0.2) is 190 Å². The zero-order valence-electron chi connectivity index (χ0n) is 28.1. The highest BCUT2D eigenvalue weighted by atomic mass is 16.6. The first kappa shape index (κ1) is 40.8. The van der Waals surface area contributed by atoms with Crippen LogP contribution in [0, 0.1) is 0 Å². The molecule has 1 aliphatic rings. The van der Waals surface area contributed by atoms with Crippen LogP contribution in [-0.2, 0) is 44.5 Å². The first-order valence-electron chi connectivity index (χ1n) is 16.2. The summed E-state index contributed by atoms with van der Waals surface area (Å²) in [5.74, 6) is -2.92. The van der Waals surface area contributed by atoms with Gasteiger partial charge in [-0.15, -0.1) is 0 Å². The van der Waals surface area contributed by atoms with Gasteiger partial charge in [0.1, 0.15) is 12.4 Å². The van der Waals surface area contributed by atoms with E-state index in [1.54, 1.807) is 14.7 Å². The van der Waals surface area contributed by atoms with Crippen LogP contribution in [0.15, 0.2) is 24.3 Å². The monoisotopic (exact) mass is 684 g/mol. The van der Waals surface area contributed by atoms with Gasteiger partial charge in [-0.1, -0.05) is 12.1 Å². The summed E-state index contributed by atoms with van der Waals surface area (Å²) in [7, 11) is 1.28. The molecule has 0 spiro atoms. The van der Waals surface area contributed by atoms with Crippen LogP contribution in [0.2, 0.25) is 0 Å². The van der Waals surface area contributed by atoms with Crippen LogP contribution in [0.4, 0.5) is 0 Å². The van der Waals surface area contributed by atoms with Gasteiger partial charge in [-0.3, -0.25) is 38.8 Å². The van der Waals surface area contributed by atoms with Crippen molar-refractivity contribution in [2.45, 2.75) is 19.4 Å². The predicted octanol–water partition coefficient (Wildman–Crippen LogP) is -0.305. The van der Waals surface area contributed by atoms with Gasteiger partial charge in [-0.05, 0) is 31.0 Å². The number of carbonyl (C=O) groups is 4. The minimum atomic E-state index is -1.05. The molecule has 0 aromatic heterocycles. The number of hydrogen-bond acceptors (Lipinski definition) is 13. The lowest BCUT2D eigenvalue weighted by Gasteiger charge is -2.37. The molecular formula is C32H52N4O12. The Labute approximate surface area is 282 Å². The third-order valence-electron chi connectivity index (χ3n) is 7.63. The number of hydrogen-bond donors (Lipinski definition) is 3. The summed E-state index contributed by atoms with van der Waals surface area (Å²) in [6.07, 6.45) is 0.404. The number of rotatable bonds is 21. The molecule has 0 unspecified atom stereocenters. The van der Waals surface area contributed by atoms with Gasteiger partial charge < -0.3 is 39.0 Å². The summed E-state index contributed by atoms with van der Waals surface area (Å²) >= 11 is 0. The van der Waals surface area contributed by atoms with E-state index in [1.807, 2.05) is 36.1 Å². The maximum atomic E-state index is 12.1. The zero-order chi connectivity index (χ0) is 35.1. The van der Waals surface area contributed by atoms with E-state index in [9.17, 15) is 34.5 Å². The fourth-order valence-electron chi connectivity index (χ4n) is 5.21. The van der Waals surface area contributed by atoms with Gasteiger partial charge in [0.15, 0.2) is 0 Å². The van der Waals surface area contributed by atoms with Crippen LogP contribution in [0.1, 0.15) is 12.5 Å². The molecule has 1 aromatic carbocycles. The molecule has 0 radical (unpaired) electrons. The van der Waals surface area contributed by atoms with Gasteiger partial charge in [-0.2, -0.15) is 0 Å². The number of nitrogens with zero attached hydrogens (tertiary/aromatic N) is 4. The molecule has 3 N–H and O–H groups in total. The average Bonchev–Trinajstić information content (AvgIpc) is 3.03. The van der Waals surface area contributed by atoms with Crippen LogP contribution < -0.4 is 4.74 Å². The summed E-state index contributed by atoms with van der Waals surface area (Å²) in [4.78, 5) is 54.5. The predicted molar refractivity (Wildman–Crippen MR) is 173 cm³/mol. The highest BCUT2D eigenvalue weighted by Gasteiger charge is 2.27. The molecule has 1 heterocycles. The van der Waals surface area contributed by atoms with Gasteiger partial charge in [-0.25, -0.2) is 0 Å². The fraction of sp³-hybridized carbons (Fsp3) is 0.688. The number of benzene rings is 1. The number of methoxy groups -OCH3 is 1. The maximum absolute atomic E-state index is 12.1. The van der Waals surface area contributed by atoms with Crippen LogP contribution >= 0.6 is 0 Å². The van der Waals surface area contributed by atoms with E-state index in [4.69, 9.17) is 23.7 Å². The van der Waals surface area contributed by atoms with Crippen molar-refractivity contribution in [3.8, 4) is 5.75 Å². The summed E-state index contributed by atoms with van der Waals surface area (Å²) in [5.41, 5.74) is 0.889. The van der Waals surface area contributed by atoms with E-state index < -0.39 is 29.9 Å². The first-order valence-corrected chi connectivity index (χ1v) is 16.2. The number of carbonyl (C=O) groups excluding carboxylic acids is 1. The lowest BCUT2D eigenvalue weighted by Crippen LogP contribution is -2.53. The van der Waals surface area contributed by atoms with Gasteiger partial charge in [0.2, 0.25) is 0 Å². The van der Waals surface area contributed by atoms with Crippen molar-refractivity contribution in [3.63, 3.8) is 0 Å². The number of esters is 1. The molecule has 1 fully saturated rings. The number of carboxylic acids is 3. The summed E-state index contributed by atoms with van der Waals surface area (Å²) in [6, 6.07) is 6.98. The smallest absolute Gasteiger partial charge is 0.319 e. The van der Waals surface area contributed by atoms with Crippen LogP contribution in [0.25, 0.3) is 0 Å². The summed E-state index contributed by atoms with van der Waals surface area (Å²) in [5, 5.41) is 29.0. The van der Waals surface area contributed by atoms with Crippen molar-refractivity contribution < 1.29 is 58.2 Å². The SMILES string of the molecule is CCOCCOCCOCCOc1ccc(C[C@H]2CN(CC(=O)O)CCN(CC(=O)OC)CCN(CC(=O)O)CCN2CC(=O)O)cc1. The van der Waals surface area contributed by atoms with E-state index >= 15 is 0 Å². The Balaban J connectivity index is 2.14.